The van der Waals surface area contributed by atoms with Crippen LogP contribution in [0.5, 0.6) is 11.5 Å². The second kappa shape index (κ2) is 6.38. The van der Waals surface area contributed by atoms with E-state index in [1.54, 1.807) is 30.5 Å². The first-order chi connectivity index (χ1) is 13.7. The lowest BCUT2D eigenvalue weighted by Gasteiger charge is -2.10. The molecule has 1 aliphatic rings. The number of nitrogens with one attached hydrogen (secondary N) is 1. The summed E-state index contributed by atoms with van der Waals surface area (Å²) in [5.74, 6) is 1.49. The third-order valence-corrected chi connectivity index (χ3v) is 4.52. The lowest BCUT2D eigenvalue weighted by molar-refractivity contribution is 0.102. The van der Waals surface area contributed by atoms with E-state index in [4.69, 9.17) is 13.9 Å². The van der Waals surface area contributed by atoms with Gasteiger partial charge in [0, 0.05) is 23.0 Å². The van der Waals surface area contributed by atoms with Crippen LogP contribution in [0.3, 0.4) is 0 Å². The van der Waals surface area contributed by atoms with Crippen molar-refractivity contribution in [2.24, 2.45) is 0 Å². The van der Waals surface area contributed by atoms with Gasteiger partial charge in [-0.1, -0.05) is 0 Å². The Bertz CT molecular complexity index is 1180. The van der Waals surface area contributed by atoms with E-state index in [2.05, 4.69) is 15.3 Å². The van der Waals surface area contributed by atoms with Crippen LogP contribution >= 0.6 is 0 Å². The van der Waals surface area contributed by atoms with Gasteiger partial charge in [0.15, 0.2) is 22.7 Å². The van der Waals surface area contributed by atoms with Crippen molar-refractivity contribution in [3.8, 4) is 23.0 Å². The van der Waals surface area contributed by atoms with Crippen LogP contribution in [0, 0.1) is 6.92 Å². The maximum absolute atomic E-state index is 12.6. The molecule has 7 nitrogen and oxygen atoms in total. The number of anilines is 1. The van der Waals surface area contributed by atoms with Crippen LogP contribution in [0.1, 0.15) is 15.9 Å². The number of nitrogens with zero attached hydrogens (tertiary/aromatic N) is 2. The number of aryl methyl sites for hydroxylation is 1. The lowest BCUT2D eigenvalue weighted by Crippen LogP contribution is -2.12. The molecule has 0 bridgehead atoms. The minimum absolute atomic E-state index is 0.173. The second-order valence-electron chi connectivity index (χ2n) is 6.40. The first-order valence-corrected chi connectivity index (χ1v) is 8.71. The van der Waals surface area contributed by atoms with Crippen molar-refractivity contribution in [2.45, 2.75) is 6.92 Å². The number of aromatic nitrogens is 2. The Morgan fingerprint density at radius 2 is 1.96 bits per heavy atom. The summed E-state index contributed by atoms with van der Waals surface area (Å²) in [6.45, 7) is 2.09. The number of hydrogen-bond donors (Lipinski definition) is 1. The minimum atomic E-state index is -0.222. The molecule has 1 N–H and O–H groups in total. The summed E-state index contributed by atoms with van der Waals surface area (Å²) in [4.78, 5) is 21.2. The van der Waals surface area contributed by atoms with Crippen molar-refractivity contribution in [2.75, 3.05) is 12.1 Å². The van der Waals surface area contributed by atoms with Crippen LogP contribution in [0.4, 0.5) is 5.69 Å². The monoisotopic (exact) mass is 373 g/mol. The molecule has 0 aliphatic carbocycles. The van der Waals surface area contributed by atoms with Gasteiger partial charge in [-0.3, -0.25) is 4.79 Å². The van der Waals surface area contributed by atoms with Crippen molar-refractivity contribution in [1.29, 1.82) is 0 Å². The van der Waals surface area contributed by atoms with Crippen LogP contribution in [0.25, 0.3) is 22.7 Å². The maximum Gasteiger partial charge on any atom is 0.255 e. The van der Waals surface area contributed by atoms with Gasteiger partial charge in [-0.25, -0.2) is 4.98 Å². The fraction of sp³-hybridized carbons (Fsp3) is 0.0952. The Labute approximate surface area is 159 Å². The largest absolute Gasteiger partial charge is 0.454 e. The van der Waals surface area contributed by atoms with Crippen LogP contribution in [-0.2, 0) is 0 Å². The first kappa shape index (κ1) is 16.3. The fourth-order valence-corrected chi connectivity index (χ4v) is 3.06. The number of fused-ring (bicyclic) bond motifs is 2. The second-order valence-corrected chi connectivity index (χ2v) is 6.40. The van der Waals surface area contributed by atoms with Gasteiger partial charge in [-0.2, -0.15) is 4.98 Å². The highest BCUT2D eigenvalue weighted by molar-refractivity contribution is 6.05. The van der Waals surface area contributed by atoms with E-state index in [0.29, 0.717) is 39.9 Å². The molecule has 2 aromatic heterocycles. The molecule has 4 aromatic rings. The van der Waals surface area contributed by atoms with Gasteiger partial charge in [0.25, 0.3) is 5.91 Å². The van der Waals surface area contributed by atoms with E-state index in [-0.39, 0.29) is 12.7 Å². The highest BCUT2D eigenvalue weighted by Gasteiger charge is 2.17. The Hall–Kier alpha value is -3.87. The van der Waals surface area contributed by atoms with Crippen LogP contribution < -0.4 is 14.8 Å². The average molecular weight is 373 g/mol. The van der Waals surface area contributed by atoms with E-state index in [1.807, 2.05) is 31.2 Å². The molecule has 0 atom stereocenters. The Balaban J connectivity index is 1.39. The predicted molar refractivity (Wildman–Crippen MR) is 102 cm³/mol. The molecule has 2 aromatic carbocycles. The summed E-state index contributed by atoms with van der Waals surface area (Å²) in [6.07, 6.45) is 1.68. The number of amides is 1. The van der Waals surface area contributed by atoms with Crippen LogP contribution in [-0.4, -0.2) is 22.7 Å². The van der Waals surface area contributed by atoms with E-state index in [1.165, 1.54) is 0 Å². The van der Waals surface area contributed by atoms with Crippen molar-refractivity contribution in [1.82, 2.24) is 9.97 Å². The van der Waals surface area contributed by atoms with Crippen LogP contribution in [0.15, 0.2) is 59.1 Å². The molecule has 1 amide bonds. The van der Waals surface area contributed by atoms with Crippen molar-refractivity contribution in [3.63, 3.8) is 0 Å². The van der Waals surface area contributed by atoms with Gasteiger partial charge in [0.05, 0.1) is 0 Å². The molecule has 0 saturated carbocycles. The zero-order chi connectivity index (χ0) is 19.1. The number of oxazole rings is 1. The van der Waals surface area contributed by atoms with E-state index >= 15 is 0 Å². The van der Waals surface area contributed by atoms with Gasteiger partial charge in [0.2, 0.25) is 12.7 Å². The number of hydrogen-bond acceptors (Lipinski definition) is 6. The SMILES string of the molecule is Cc1cc(-c2nc3ncccc3o2)ccc1NC(=O)c1ccc2c(c1)OCO2. The maximum atomic E-state index is 12.6. The molecule has 1 aliphatic heterocycles. The molecular weight excluding hydrogens is 358 g/mol. The number of carbonyl (C=O) groups excluding carboxylic acids is 1. The molecule has 3 heterocycles. The molecule has 0 radical (unpaired) electrons. The molecular formula is C21H15N3O4. The highest BCUT2D eigenvalue weighted by atomic mass is 16.7. The Kier molecular flexibility index (Phi) is 3.72. The zero-order valence-corrected chi connectivity index (χ0v) is 14.9. The van der Waals surface area contributed by atoms with Gasteiger partial charge in [-0.05, 0) is 61.0 Å². The Morgan fingerprint density at radius 1 is 1.07 bits per heavy atom. The third kappa shape index (κ3) is 2.83. The highest BCUT2D eigenvalue weighted by Crippen LogP contribution is 2.33. The Morgan fingerprint density at radius 3 is 2.82 bits per heavy atom. The first-order valence-electron chi connectivity index (χ1n) is 8.71. The summed E-state index contributed by atoms with van der Waals surface area (Å²) in [5.41, 5.74) is 4.11. The quantitative estimate of drug-likeness (QED) is 0.580. The molecule has 138 valence electrons. The molecule has 0 spiro atoms. The summed E-state index contributed by atoms with van der Waals surface area (Å²) in [7, 11) is 0. The van der Waals surface area contributed by atoms with Crippen molar-refractivity contribution in [3.05, 3.63) is 65.9 Å². The molecule has 7 heteroatoms. The van der Waals surface area contributed by atoms with Crippen molar-refractivity contribution < 1.29 is 18.7 Å². The molecule has 28 heavy (non-hydrogen) atoms. The van der Waals surface area contributed by atoms with Gasteiger partial charge in [0.1, 0.15) is 0 Å². The smallest absolute Gasteiger partial charge is 0.255 e. The molecule has 0 unspecified atom stereocenters. The lowest BCUT2D eigenvalue weighted by atomic mass is 10.1. The van der Waals surface area contributed by atoms with Gasteiger partial charge >= 0.3 is 0 Å². The minimum Gasteiger partial charge on any atom is -0.454 e. The summed E-state index contributed by atoms with van der Waals surface area (Å²) < 4.78 is 16.4. The number of carbonyl (C=O) groups is 1. The molecule has 0 fully saturated rings. The van der Waals surface area contributed by atoms with Crippen molar-refractivity contribution >= 4 is 22.8 Å². The van der Waals surface area contributed by atoms with Gasteiger partial charge in [-0.15, -0.1) is 0 Å². The molecule has 5 rings (SSSR count). The van der Waals surface area contributed by atoms with Crippen LogP contribution in [0.2, 0.25) is 0 Å². The normalized spacial score (nSPS) is 12.3. The zero-order valence-electron chi connectivity index (χ0n) is 14.9. The standard InChI is InChI=1S/C21H15N3O4/c1-12-9-14(21-24-19-17(28-21)3-2-8-22-19)4-6-15(12)23-20(25)13-5-7-16-18(10-13)27-11-26-16/h2-10H,11H2,1H3,(H,23,25). The molecule has 0 saturated heterocycles. The number of pyridine rings is 1. The van der Waals surface area contributed by atoms with Gasteiger partial charge < -0.3 is 19.2 Å². The third-order valence-electron chi connectivity index (χ3n) is 4.52. The summed E-state index contributed by atoms with van der Waals surface area (Å²) in [6, 6.07) is 14.3. The van der Waals surface area contributed by atoms with E-state index in [9.17, 15) is 4.79 Å². The fourth-order valence-electron chi connectivity index (χ4n) is 3.06. The summed E-state index contributed by atoms with van der Waals surface area (Å²) in [5, 5.41) is 2.92. The topological polar surface area (TPSA) is 86.5 Å². The predicted octanol–water partition coefficient (Wildman–Crippen LogP) is 4.18. The summed E-state index contributed by atoms with van der Waals surface area (Å²) >= 11 is 0. The number of ether oxygens (including phenoxy) is 2. The number of rotatable bonds is 3. The average Bonchev–Trinajstić information content (AvgIpc) is 3.35. The van der Waals surface area contributed by atoms with E-state index in [0.717, 1.165) is 11.1 Å². The number of benzene rings is 2. The van der Waals surface area contributed by atoms with E-state index < -0.39 is 0 Å².